The second kappa shape index (κ2) is 5.96. The fraction of sp³-hybridized carbons (Fsp3) is 0.412. The van der Waals surface area contributed by atoms with Gasteiger partial charge in [-0.2, -0.15) is 0 Å². The van der Waals surface area contributed by atoms with Crippen molar-refractivity contribution >= 4 is 5.69 Å². The molecule has 2 rings (SSSR count). The van der Waals surface area contributed by atoms with Crippen LogP contribution >= 0.6 is 0 Å². The molecule has 0 aliphatic rings. The third-order valence-electron chi connectivity index (χ3n) is 3.42. The molecule has 0 aliphatic heterocycles. The van der Waals surface area contributed by atoms with Gasteiger partial charge in [-0.05, 0) is 51.0 Å². The number of furan rings is 1. The zero-order valence-corrected chi connectivity index (χ0v) is 12.3. The maximum Gasteiger partial charge on any atom is 0.106 e. The lowest BCUT2D eigenvalue weighted by Crippen LogP contribution is -2.06. The molecular weight excluding hydrogens is 234 g/mol. The Balaban J connectivity index is 2.06. The molecule has 2 nitrogen and oxygen atoms in total. The molecule has 0 saturated heterocycles. The maximum absolute atomic E-state index is 5.58. The summed E-state index contributed by atoms with van der Waals surface area (Å²) in [7, 11) is 0. The lowest BCUT2D eigenvalue weighted by Gasteiger charge is -2.15. The first-order valence-electron chi connectivity index (χ1n) is 7.02. The quantitative estimate of drug-likeness (QED) is 0.813. The van der Waals surface area contributed by atoms with E-state index in [-0.39, 0.29) is 6.04 Å². The Morgan fingerprint density at radius 2 is 1.84 bits per heavy atom. The minimum Gasteiger partial charge on any atom is -0.466 e. The summed E-state index contributed by atoms with van der Waals surface area (Å²) in [6.07, 6.45) is 2.34. The Kier molecular flexibility index (Phi) is 4.31. The van der Waals surface area contributed by atoms with Crippen LogP contribution in [0.15, 0.2) is 34.7 Å². The molecule has 1 heterocycles. The van der Waals surface area contributed by atoms with E-state index >= 15 is 0 Å². The molecule has 0 radical (unpaired) electrons. The van der Waals surface area contributed by atoms with Gasteiger partial charge in [0.15, 0.2) is 0 Å². The highest BCUT2D eigenvalue weighted by Crippen LogP contribution is 2.25. The number of anilines is 1. The van der Waals surface area contributed by atoms with Gasteiger partial charge in [0.05, 0.1) is 6.04 Å². The van der Waals surface area contributed by atoms with Crippen LogP contribution in [-0.4, -0.2) is 0 Å². The van der Waals surface area contributed by atoms with Crippen LogP contribution in [0, 0.1) is 13.8 Å². The third kappa shape index (κ3) is 3.40. The predicted octanol–water partition coefficient (Wildman–Crippen LogP) is 5.02. The molecule has 0 bridgehead atoms. The highest BCUT2D eigenvalue weighted by Gasteiger charge is 2.12. The van der Waals surface area contributed by atoms with Crippen LogP contribution in [0.25, 0.3) is 0 Å². The number of hydrogen-bond acceptors (Lipinski definition) is 2. The zero-order valence-electron chi connectivity index (χ0n) is 12.3. The summed E-state index contributed by atoms with van der Waals surface area (Å²) in [4.78, 5) is 0. The number of aryl methyl sites for hydroxylation is 3. The summed E-state index contributed by atoms with van der Waals surface area (Å²) in [5.74, 6) is 1.97. The van der Waals surface area contributed by atoms with Gasteiger partial charge in [0.2, 0.25) is 0 Å². The fourth-order valence-electron chi connectivity index (χ4n) is 2.46. The Bertz CT molecular complexity index is 525. The lowest BCUT2D eigenvalue weighted by molar-refractivity contribution is 0.500. The van der Waals surface area contributed by atoms with Gasteiger partial charge in [0.25, 0.3) is 0 Å². The molecule has 0 saturated carbocycles. The summed E-state index contributed by atoms with van der Waals surface area (Å²) >= 11 is 0. The van der Waals surface area contributed by atoms with Gasteiger partial charge < -0.3 is 9.73 Å². The van der Waals surface area contributed by atoms with E-state index in [0.717, 1.165) is 23.6 Å². The number of hydrogen-bond donors (Lipinski definition) is 1. The van der Waals surface area contributed by atoms with Crippen molar-refractivity contribution in [1.82, 2.24) is 0 Å². The molecule has 19 heavy (non-hydrogen) atoms. The largest absolute Gasteiger partial charge is 0.466 e. The van der Waals surface area contributed by atoms with Crippen molar-refractivity contribution in [2.75, 3.05) is 5.32 Å². The van der Waals surface area contributed by atoms with Gasteiger partial charge in [-0.15, -0.1) is 0 Å². The summed E-state index contributed by atoms with van der Waals surface area (Å²) in [6, 6.07) is 11.1. The topological polar surface area (TPSA) is 25.2 Å². The minimum atomic E-state index is 0.259. The van der Waals surface area contributed by atoms with E-state index in [1.165, 1.54) is 17.5 Å². The second-order valence-corrected chi connectivity index (χ2v) is 5.18. The van der Waals surface area contributed by atoms with Gasteiger partial charge in [0, 0.05) is 11.3 Å². The summed E-state index contributed by atoms with van der Waals surface area (Å²) < 4.78 is 5.58. The summed E-state index contributed by atoms with van der Waals surface area (Å²) in [6.45, 7) is 8.38. The van der Waals surface area contributed by atoms with Crippen molar-refractivity contribution in [2.24, 2.45) is 0 Å². The standard InChI is InChI=1S/C17H23NO/c1-5-6-15-7-9-16(10-8-15)18-13(3)17-11-12(2)19-14(17)4/h7-11,13,18H,5-6H2,1-4H3. The zero-order chi connectivity index (χ0) is 13.8. The fourth-order valence-corrected chi connectivity index (χ4v) is 2.46. The summed E-state index contributed by atoms with van der Waals surface area (Å²) in [5, 5.41) is 3.52. The first-order valence-corrected chi connectivity index (χ1v) is 7.02. The van der Waals surface area contributed by atoms with Crippen molar-refractivity contribution in [3.8, 4) is 0 Å². The molecule has 0 amide bonds. The van der Waals surface area contributed by atoms with E-state index in [1.807, 2.05) is 13.8 Å². The molecule has 2 aromatic rings. The van der Waals surface area contributed by atoms with Crippen molar-refractivity contribution in [1.29, 1.82) is 0 Å². The smallest absolute Gasteiger partial charge is 0.106 e. The third-order valence-corrected chi connectivity index (χ3v) is 3.42. The molecular formula is C17H23NO. The van der Waals surface area contributed by atoms with E-state index in [2.05, 4.69) is 49.5 Å². The summed E-state index contributed by atoms with van der Waals surface area (Å²) in [5.41, 5.74) is 3.79. The van der Waals surface area contributed by atoms with Gasteiger partial charge >= 0.3 is 0 Å². The molecule has 1 unspecified atom stereocenters. The predicted molar refractivity (Wildman–Crippen MR) is 80.7 cm³/mol. The number of rotatable bonds is 5. The van der Waals surface area contributed by atoms with Crippen molar-refractivity contribution < 1.29 is 4.42 Å². The van der Waals surface area contributed by atoms with Crippen LogP contribution in [0.4, 0.5) is 5.69 Å². The van der Waals surface area contributed by atoms with Gasteiger partial charge in [-0.1, -0.05) is 25.5 Å². The van der Waals surface area contributed by atoms with E-state index < -0.39 is 0 Å². The van der Waals surface area contributed by atoms with Gasteiger partial charge in [0.1, 0.15) is 11.5 Å². The first-order chi connectivity index (χ1) is 9.10. The van der Waals surface area contributed by atoms with Crippen molar-refractivity contribution in [2.45, 2.75) is 46.6 Å². The molecule has 1 atom stereocenters. The lowest BCUT2D eigenvalue weighted by atomic mass is 10.1. The van der Waals surface area contributed by atoms with Crippen LogP contribution < -0.4 is 5.32 Å². The van der Waals surface area contributed by atoms with Crippen LogP contribution in [0.2, 0.25) is 0 Å². The van der Waals surface area contributed by atoms with E-state index in [1.54, 1.807) is 0 Å². The van der Waals surface area contributed by atoms with E-state index in [0.29, 0.717) is 0 Å². The van der Waals surface area contributed by atoms with E-state index in [4.69, 9.17) is 4.42 Å². The molecule has 102 valence electrons. The number of benzene rings is 1. The monoisotopic (exact) mass is 257 g/mol. The Morgan fingerprint density at radius 1 is 1.16 bits per heavy atom. The molecule has 0 fully saturated rings. The molecule has 2 heteroatoms. The van der Waals surface area contributed by atoms with Crippen LogP contribution in [0.1, 0.15) is 49.0 Å². The highest BCUT2D eigenvalue weighted by atomic mass is 16.3. The number of nitrogens with one attached hydrogen (secondary N) is 1. The highest BCUT2D eigenvalue weighted by molar-refractivity contribution is 5.47. The Labute approximate surface area is 115 Å². The maximum atomic E-state index is 5.58. The van der Waals surface area contributed by atoms with Crippen molar-refractivity contribution in [3.05, 3.63) is 53.0 Å². The molecule has 1 N–H and O–H groups in total. The minimum absolute atomic E-state index is 0.259. The molecule has 1 aromatic heterocycles. The van der Waals surface area contributed by atoms with Crippen molar-refractivity contribution in [3.63, 3.8) is 0 Å². The van der Waals surface area contributed by atoms with E-state index in [9.17, 15) is 0 Å². The second-order valence-electron chi connectivity index (χ2n) is 5.18. The Morgan fingerprint density at radius 3 is 2.37 bits per heavy atom. The molecule has 0 spiro atoms. The van der Waals surface area contributed by atoms with Gasteiger partial charge in [-0.3, -0.25) is 0 Å². The average molecular weight is 257 g/mol. The van der Waals surface area contributed by atoms with Crippen LogP contribution in [0.3, 0.4) is 0 Å². The molecule has 1 aromatic carbocycles. The SMILES string of the molecule is CCCc1ccc(NC(C)c2cc(C)oc2C)cc1. The van der Waals surface area contributed by atoms with Crippen LogP contribution in [-0.2, 0) is 6.42 Å². The average Bonchev–Trinajstić information content (AvgIpc) is 2.71. The first kappa shape index (κ1) is 13.7. The normalized spacial score (nSPS) is 12.4. The van der Waals surface area contributed by atoms with Crippen LogP contribution in [0.5, 0.6) is 0 Å². The van der Waals surface area contributed by atoms with Gasteiger partial charge in [-0.25, -0.2) is 0 Å². The Hall–Kier alpha value is -1.70. The molecule has 0 aliphatic carbocycles.